The molecule has 13 heteroatoms. The van der Waals surface area contributed by atoms with Gasteiger partial charge < -0.3 is 21.1 Å². The van der Waals surface area contributed by atoms with Crippen LogP contribution in [0.5, 0.6) is 0 Å². The number of rotatable bonds is 8. The van der Waals surface area contributed by atoms with Crippen LogP contribution in [0.15, 0.2) is 48.7 Å². The van der Waals surface area contributed by atoms with Gasteiger partial charge in [-0.25, -0.2) is 18.3 Å². The van der Waals surface area contributed by atoms with E-state index in [0.717, 1.165) is 23.3 Å². The van der Waals surface area contributed by atoms with Gasteiger partial charge in [-0.1, -0.05) is 12.1 Å². The van der Waals surface area contributed by atoms with Crippen molar-refractivity contribution < 1.29 is 33.1 Å². The number of hydrogen-bond acceptors (Lipinski definition) is 6. The Morgan fingerprint density at radius 1 is 1.00 bits per heavy atom. The predicted molar refractivity (Wildman–Crippen MR) is 140 cm³/mol. The van der Waals surface area contributed by atoms with E-state index < -0.39 is 41.9 Å². The number of nitrogens with one attached hydrogen (secondary N) is 3. The first-order chi connectivity index (χ1) is 19.6. The molecule has 0 bridgehead atoms. The molecule has 0 spiro atoms. The lowest BCUT2D eigenvalue weighted by Crippen LogP contribution is -2.31. The topological polar surface area (TPSA) is 155 Å². The summed E-state index contributed by atoms with van der Waals surface area (Å²) < 4.78 is 28.0. The predicted octanol–water partition coefficient (Wildman–Crippen LogP) is 2.48. The Labute approximate surface area is 231 Å². The van der Waals surface area contributed by atoms with Gasteiger partial charge in [0.05, 0.1) is 12.2 Å². The van der Waals surface area contributed by atoms with Crippen LogP contribution in [-0.4, -0.2) is 49.9 Å². The molecule has 0 fully saturated rings. The summed E-state index contributed by atoms with van der Waals surface area (Å²) in [6.07, 6.45) is 2.60. The Morgan fingerprint density at radius 2 is 1.80 bits per heavy atom. The molecule has 1 aliphatic rings. The quantitative estimate of drug-likeness (QED) is 0.257. The fraction of sp³-hybridized carbons (Fsp3) is 0.214. The van der Waals surface area contributed by atoms with Gasteiger partial charge in [-0.15, -0.1) is 0 Å². The van der Waals surface area contributed by atoms with E-state index in [2.05, 4.69) is 26.0 Å². The number of hydrogen-bond donors (Lipinski definition) is 4. The molecule has 1 aliphatic carbocycles. The lowest BCUT2D eigenvalue weighted by atomic mass is 9.97. The third-order valence-electron chi connectivity index (χ3n) is 6.90. The first kappa shape index (κ1) is 27.4. The highest BCUT2D eigenvalue weighted by atomic mass is 19.2. The van der Waals surface area contributed by atoms with Crippen LogP contribution >= 0.6 is 0 Å². The Bertz CT molecular complexity index is 1720. The average molecular weight is 563 g/mol. The summed E-state index contributed by atoms with van der Waals surface area (Å²) in [6.45, 7) is 1.20. The van der Waals surface area contributed by atoms with Gasteiger partial charge in [0.2, 0.25) is 0 Å². The first-order valence-electron chi connectivity index (χ1n) is 12.6. The maximum absolute atomic E-state index is 13.5. The fourth-order valence-corrected chi connectivity index (χ4v) is 4.87. The smallest absolute Gasteiger partial charge is 0.322 e. The Balaban J connectivity index is 1.34. The zero-order valence-electron chi connectivity index (χ0n) is 21.7. The van der Waals surface area contributed by atoms with Gasteiger partial charge in [0.25, 0.3) is 17.7 Å². The fourth-order valence-electron chi connectivity index (χ4n) is 4.87. The van der Waals surface area contributed by atoms with Crippen molar-refractivity contribution in [3.05, 3.63) is 99.5 Å². The molecule has 11 nitrogen and oxygen atoms in total. The highest BCUT2D eigenvalue weighted by Gasteiger charge is 2.29. The third kappa shape index (κ3) is 5.60. The molecule has 0 aliphatic heterocycles. The lowest BCUT2D eigenvalue weighted by Gasteiger charge is -2.17. The molecule has 0 radical (unpaired) electrons. The minimum absolute atomic E-state index is 0.0628. The second-order valence-corrected chi connectivity index (χ2v) is 9.51. The normalized spacial score (nSPS) is 14.0. The number of fused-ring (bicyclic) bond motifs is 2. The van der Waals surface area contributed by atoms with Crippen LogP contribution in [-0.2, 0) is 17.8 Å². The van der Waals surface area contributed by atoms with Crippen LogP contribution < -0.4 is 16.0 Å². The van der Waals surface area contributed by atoms with Crippen LogP contribution in [0, 0.1) is 18.6 Å². The number of amides is 3. The molecule has 210 valence electrons. The number of carbonyl (C=O) groups excluding carboxylic acids is 3. The molecular weight excluding hydrogens is 538 g/mol. The summed E-state index contributed by atoms with van der Waals surface area (Å²) in [5.74, 6) is -4.79. The van der Waals surface area contributed by atoms with Crippen molar-refractivity contribution in [3.63, 3.8) is 0 Å². The Morgan fingerprint density at radius 3 is 2.56 bits per heavy atom. The van der Waals surface area contributed by atoms with Gasteiger partial charge in [0.1, 0.15) is 17.9 Å². The van der Waals surface area contributed by atoms with Crippen molar-refractivity contribution in [2.75, 3.05) is 6.54 Å². The van der Waals surface area contributed by atoms with E-state index in [0.29, 0.717) is 29.5 Å². The third-order valence-corrected chi connectivity index (χ3v) is 6.90. The molecule has 0 unspecified atom stereocenters. The van der Waals surface area contributed by atoms with Gasteiger partial charge >= 0.3 is 5.97 Å². The molecule has 4 N–H and O–H groups in total. The van der Waals surface area contributed by atoms with Crippen molar-refractivity contribution in [2.24, 2.45) is 0 Å². The van der Waals surface area contributed by atoms with Crippen molar-refractivity contribution in [3.8, 4) is 0 Å². The molecule has 2 aromatic carbocycles. The second kappa shape index (κ2) is 11.1. The highest BCUT2D eigenvalue weighted by Crippen LogP contribution is 2.35. The summed E-state index contributed by atoms with van der Waals surface area (Å²) in [5.41, 5.74) is 3.41. The van der Waals surface area contributed by atoms with Gasteiger partial charge in [-0.2, -0.15) is 5.10 Å². The zero-order chi connectivity index (χ0) is 29.3. The van der Waals surface area contributed by atoms with E-state index in [1.54, 1.807) is 19.1 Å². The Kier molecular flexibility index (Phi) is 7.42. The van der Waals surface area contributed by atoms with Gasteiger partial charge in [0.15, 0.2) is 17.3 Å². The summed E-state index contributed by atoms with van der Waals surface area (Å²) in [4.78, 5) is 53.8. The van der Waals surface area contributed by atoms with Gasteiger partial charge in [-0.05, 0) is 60.2 Å². The zero-order valence-corrected chi connectivity index (χ0v) is 21.7. The molecule has 41 heavy (non-hydrogen) atoms. The SMILES string of the molecule is Cc1c(C(=O)NCC(=O)O)ccc2c1CC[C@@H]2NC(=O)c1cc(C(=O)NCc2ccc(F)c(F)c2)nc2ccnn12. The summed E-state index contributed by atoms with van der Waals surface area (Å²) in [7, 11) is 0. The molecule has 1 atom stereocenters. The van der Waals surface area contributed by atoms with Crippen LogP contribution in [0.3, 0.4) is 0 Å². The molecule has 2 heterocycles. The first-order valence-corrected chi connectivity index (χ1v) is 12.6. The summed E-state index contributed by atoms with van der Waals surface area (Å²) in [6, 6.07) is 9.09. The van der Waals surface area contributed by atoms with E-state index >= 15 is 0 Å². The van der Waals surface area contributed by atoms with E-state index in [1.807, 2.05) is 0 Å². The number of carboxylic acid groups (broad SMARTS) is 1. The maximum Gasteiger partial charge on any atom is 0.322 e. The second-order valence-electron chi connectivity index (χ2n) is 9.51. The van der Waals surface area contributed by atoms with Crippen LogP contribution in [0.2, 0.25) is 0 Å². The maximum atomic E-state index is 13.5. The number of nitrogens with zero attached hydrogens (tertiary/aromatic N) is 3. The van der Waals surface area contributed by atoms with Gasteiger partial charge in [-0.3, -0.25) is 19.2 Å². The number of aliphatic carboxylic acids is 1. The Hall–Kier alpha value is -5.20. The highest BCUT2D eigenvalue weighted by molar-refractivity contribution is 5.99. The molecule has 0 saturated carbocycles. The van der Waals surface area contributed by atoms with Crippen LogP contribution in [0.4, 0.5) is 8.78 Å². The largest absolute Gasteiger partial charge is 0.480 e. The molecule has 4 aromatic rings. The van der Waals surface area contributed by atoms with E-state index in [4.69, 9.17) is 5.11 Å². The van der Waals surface area contributed by atoms with E-state index in [1.165, 1.54) is 28.9 Å². The van der Waals surface area contributed by atoms with Gasteiger partial charge in [0, 0.05) is 24.2 Å². The number of aromatic nitrogens is 3. The number of halogens is 2. The average Bonchev–Trinajstić information content (AvgIpc) is 3.59. The molecule has 0 saturated heterocycles. The minimum atomic E-state index is -1.15. The minimum Gasteiger partial charge on any atom is -0.480 e. The number of carbonyl (C=O) groups is 4. The summed E-state index contributed by atoms with van der Waals surface area (Å²) >= 11 is 0. The molecule has 3 amide bonds. The standard InChI is InChI=1S/C28H24F2N6O5/c1-14-16-5-7-21(18(16)4-3-17(14)26(39)32-13-25(37)38)35-28(41)23-11-22(34-24-8-9-33-36(23)24)27(40)31-12-15-2-6-19(29)20(30)10-15/h2-4,6,8-11,21H,5,7,12-13H2,1H3,(H,31,40)(H,32,39)(H,35,41)(H,37,38)/t21-/m0/s1. The lowest BCUT2D eigenvalue weighted by molar-refractivity contribution is -0.135. The van der Waals surface area contributed by atoms with Crippen molar-refractivity contribution >= 4 is 29.3 Å². The van der Waals surface area contributed by atoms with E-state index in [9.17, 15) is 28.0 Å². The number of carboxylic acids is 1. The number of benzene rings is 2. The van der Waals surface area contributed by atoms with Crippen molar-refractivity contribution in [1.29, 1.82) is 0 Å². The monoisotopic (exact) mass is 562 g/mol. The van der Waals surface area contributed by atoms with Crippen molar-refractivity contribution in [1.82, 2.24) is 30.5 Å². The van der Waals surface area contributed by atoms with Crippen LogP contribution in [0.1, 0.15) is 66.1 Å². The molecular formula is C28H24F2N6O5. The molecule has 2 aromatic heterocycles. The van der Waals surface area contributed by atoms with Crippen LogP contribution in [0.25, 0.3) is 5.65 Å². The van der Waals surface area contributed by atoms with E-state index in [-0.39, 0.29) is 29.6 Å². The van der Waals surface area contributed by atoms with Crippen molar-refractivity contribution in [2.45, 2.75) is 32.4 Å². The summed E-state index contributed by atoms with van der Waals surface area (Å²) in [5, 5.41) is 20.9. The molecule has 5 rings (SSSR count).